The van der Waals surface area contributed by atoms with Gasteiger partial charge in [-0.3, -0.25) is 14.4 Å². The number of nitrogens with two attached hydrogens (primary N) is 1. The second-order valence-corrected chi connectivity index (χ2v) is 5.89. The molecule has 138 valence electrons. The van der Waals surface area contributed by atoms with Gasteiger partial charge in [0.2, 0.25) is 11.8 Å². The SMILES string of the molecule is CCCC(N)C(=O)NCc1ccc(C(=O)N2CCNC(=O)C2)cc1.Cl. The molecule has 4 N–H and O–H groups in total. The Morgan fingerprint density at radius 1 is 1.32 bits per heavy atom. The molecule has 0 bridgehead atoms. The number of piperazine rings is 1. The lowest BCUT2D eigenvalue weighted by molar-refractivity contribution is -0.123. The van der Waals surface area contributed by atoms with Crippen LogP contribution in [0.25, 0.3) is 0 Å². The summed E-state index contributed by atoms with van der Waals surface area (Å²) in [6.07, 6.45) is 1.52. The van der Waals surface area contributed by atoms with Crippen molar-refractivity contribution in [2.75, 3.05) is 19.6 Å². The fraction of sp³-hybridized carbons (Fsp3) is 0.471. The molecule has 1 aromatic carbocycles. The molecule has 1 atom stereocenters. The topological polar surface area (TPSA) is 105 Å². The minimum atomic E-state index is -0.485. The maximum Gasteiger partial charge on any atom is 0.254 e. The molecular formula is C17H25ClN4O3. The van der Waals surface area contributed by atoms with Gasteiger partial charge in [-0.2, -0.15) is 0 Å². The number of halogens is 1. The molecular weight excluding hydrogens is 344 g/mol. The van der Waals surface area contributed by atoms with E-state index >= 15 is 0 Å². The van der Waals surface area contributed by atoms with E-state index in [0.717, 1.165) is 12.0 Å². The Balaban J connectivity index is 0.00000312. The molecule has 1 aliphatic rings. The minimum absolute atomic E-state index is 0. The summed E-state index contributed by atoms with van der Waals surface area (Å²) >= 11 is 0. The molecule has 1 unspecified atom stereocenters. The van der Waals surface area contributed by atoms with E-state index in [9.17, 15) is 14.4 Å². The van der Waals surface area contributed by atoms with E-state index in [1.54, 1.807) is 24.3 Å². The van der Waals surface area contributed by atoms with Crippen LogP contribution in [0.3, 0.4) is 0 Å². The molecule has 1 heterocycles. The van der Waals surface area contributed by atoms with Crippen molar-refractivity contribution < 1.29 is 14.4 Å². The second kappa shape index (κ2) is 10.0. The molecule has 8 heteroatoms. The van der Waals surface area contributed by atoms with Crippen LogP contribution in [-0.2, 0) is 16.1 Å². The Morgan fingerprint density at radius 2 is 2.00 bits per heavy atom. The maximum atomic E-state index is 12.3. The number of benzene rings is 1. The van der Waals surface area contributed by atoms with Gasteiger partial charge in [0.15, 0.2) is 0 Å². The molecule has 0 saturated carbocycles. The first-order chi connectivity index (χ1) is 11.5. The summed E-state index contributed by atoms with van der Waals surface area (Å²) in [7, 11) is 0. The minimum Gasteiger partial charge on any atom is -0.353 e. The quantitative estimate of drug-likeness (QED) is 0.677. The largest absolute Gasteiger partial charge is 0.353 e. The van der Waals surface area contributed by atoms with Crippen LogP contribution in [0.4, 0.5) is 0 Å². The van der Waals surface area contributed by atoms with Crippen molar-refractivity contribution in [3.63, 3.8) is 0 Å². The standard InChI is InChI=1S/C17H24N4O3.ClH/c1-2-3-14(18)16(23)20-10-12-4-6-13(7-5-12)17(24)21-9-8-19-15(22)11-21;/h4-7,14H,2-3,8-11,18H2,1H3,(H,19,22)(H,20,23);1H. The summed E-state index contributed by atoms with van der Waals surface area (Å²) in [4.78, 5) is 37.0. The molecule has 7 nitrogen and oxygen atoms in total. The molecule has 1 aliphatic heterocycles. The molecule has 0 radical (unpaired) electrons. The zero-order chi connectivity index (χ0) is 17.5. The highest BCUT2D eigenvalue weighted by atomic mass is 35.5. The maximum absolute atomic E-state index is 12.3. The van der Waals surface area contributed by atoms with Crippen LogP contribution in [0.5, 0.6) is 0 Å². The molecule has 1 fully saturated rings. The monoisotopic (exact) mass is 368 g/mol. The fourth-order valence-corrected chi connectivity index (χ4v) is 2.52. The second-order valence-electron chi connectivity index (χ2n) is 5.89. The van der Waals surface area contributed by atoms with Crippen LogP contribution >= 0.6 is 12.4 Å². The number of hydrogen-bond donors (Lipinski definition) is 3. The van der Waals surface area contributed by atoms with E-state index in [0.29, 0.717) is 31.6 Å². The summed E-state index contributed by atoms with van der Waals surface area (Å²) in [5.74, 6) is -0.473. The Labute approximate surface area is 153 Å². The predicted octanol–water partition coefficient (Wildman–Crippen LogP) is 0.424. The first-order valence-corrected chi connectivity index (χ1v) is 8.19. The van der Waals surface area contributed by atoms with E-state index in [2.05, 4.69) is 10.6 Å². The lowest BCUT2D eigenvalue weighted by Crippen LogP contribution is -2.49. The van der Waals surface area contributed by atoms with E-state index in [1.807, 2.05) is 6.92 Å². The van der Waals surface area contributed by atoms with Gasteiger partial charge < -0.3 is 21.3 Å². The number of nitrogens with zero attached hydrogens (tertiary/aromatic N) is 1. The molecule has 0 spiro atoms. The number of carbonyl (C=O) groups is 3. The Hall–Kier alpha value is -2.12. The Morgan fingerprint density at radius 3 is 2.60 bits per heavy atom. The average molecular weight is 369 g/mol. The van der Waals surface area contributed by atoms with Crippen molar-refractivity contribution in [3.05, 3.63) is 35.4 Å². The molecule has 2 rings (SSSR count). The van der Waals surface area contributed by atoms with Crippen LogP contribution in [-0.4, -0.2) is 48.3 Å². The van der Waals surface area contributed by atoms with E-state index in [4.69, 9.17) is 5.73 Å². The first kappa shape index (κ1) is 20.9. The first-order valence-electron chi connectivity index (χ1n) is 8.19. The Bertz CT molecular complexity index is 606. The third-order valence-electron chi connectivity index (χ3n) is 3.93. The summed E-state index contributed by atoms with van der Waals surface area (Å²) < 4.78 is 0. The molecule has 25 heavy (non-hydrogen) atoms. The molecule has 1 aromatic rings. The van der Waals surface area contributed by atoms with E-state index in [-0.39, 0.29) is 36.7 Å². The number of carbonyl (C=O) groups excluding carboxylic acids is 3. The van der Waals surface area contributed by atoms with Crippen molar-refractivity contribution in [1.29, 1.82) is 0 Å². The number of hydrogen-bond acceptors (Lipinski definition) is 4. The van der Waals surface area contributed by atoms with Gasteiger partial charge in [-0.15, -0.1) is 12.4 Å². The van der Waals surface area contributed by atoms with Crippen molar-refractivity contribution in [2.45, 2.75) is 32.4 Å². The van der Waals surface area contributed by atoms with E-state index in [1.165, 1.54) is 4.90 Å². The highest BCUT2D eigenvalue weighted by molar-refractivity contribution is 5.97. The van der Waals surface area contributed by atoms with Crippen LogP contribution in [0.15, 0.2) is 24.3 Å². The van der Waals surface area contributed by atoms with Gasteiger partial charge in [0.25, 0.3) is 5.91 Å². The molecule has 0 aromatic heterocycles. The van der Waals surface area contributed by atoms with Gasteiger partial charge in [0.05, 0.1) is 12.6 Å². The van der Waals surface area contributed by atoms with Gasteiger partial charge in [-0.1, -0.05) is 25.5 Å². The fourth-order valence-electron chi connectivity index (χ4n) is 2.52. The molecule has 3 amide bonds. The average Bonchev–Trinajstić information content (AvgIpc) is 2.59. The van der Waals surface area contributed by atoms with Crippen LogP contribution in [0.1, 0.15) is 35.7 Å². The highest BCUT2D eigenvalue weighted by Gasteiger charge is 2.22. The lowest BCUT2D eigenvalue weighted by Gasteiger charge is -2.26. The Kier molecular flexibility index (Phi) is 8.37. The summed E-state index contributed by atoms with van der Waals surface area (Å²) in [6.45, 7) is 3.43. The normalized spacial score (nSPS) is 15.0. The number of amides is 3. The van der Waals surface area contributed by atoms with Crippen molar-refractivity contribution >= 4 is 30.1 Å². The summed E-state index contributed by atoms with van der Waals surface area (Å²) in [5, 5.41) is 5.48. The highest BCUT2D eigenvalue weighted by Crippen LogP contribution is 2.09. The van der Waals surface area contributed by atoms with Gasteiger partial charge in [-0.05, 0) is 24.1 Å². The smallest absolute Gasteiger partial charge is 0.254 e. The third-order valence-corrected chi connectivity index (χ3v) is 3.93. The lowest BCUT2D eigenvalue weighted by atomic mass is 10.1. The summed E-state index contributed by atoms with van der Waals surface area (Å²) in [6, 6.07) is 6.53. The van der Waals surface area contributed by atoms with Gasteiger partial charge in [-0.25, -0.2) is 0 Å². The summed E-state index contributed by atoms with van der Waals surface area (Å²) in [5.41, 5.74) is 7.17. The number of rotatable bonds is 6. The zero-order valence-electron chi connectivity index (χ0n) is 14.3. The van der Waals surface area contributed by atoms with Crippen molar-refractivity contribution in [1.82, 2.24) is 15.5 Å². The van der Waals surface area contributed by atoms with Crippen LogP contribution < -0.4 is 16.4 Å². The van der Waals surface area contributed by atoms with Crippen LogP contribution in [0.2, 0.25) is 0 Å². The van der Waals surface area contributed by atoms with Crippen LogP contribution in [0, 0.1) is 0 Å². The molecule has 0 aliphatic carbocycles. The van der Waals surface area contributed by atoms with Crippen molar-refractivity contribution in [2.24, 2.45) is 5.73 Å². The van der Waals surface area contributed by atoms with Gasteiger partial charge >= 0.3 is 0 Å². The zero-order valence-corrected chi connectivity index (χ0v) is 15.1. The van der Waals surface area contributed by atoms with E-state index < -0.39 is 6.04 Å². The molecule has 1 saturated heterocycles. The van der Waals surface area contributed by atoms with Gasteiger partial charge in [0, 0.05) is 25.2 Å². The third kappa shape index (κ3) is 6.03. The van der Waals surface area contributed by atoms with Crippen molar-refractivity contribution in [3.8, 4) is 0 Å². The van der Waals surface area contributed by atoms with Gasteiger partial charge in [0.1, 0.15) is 0 Å². The number of nitrogens with one attached hydrogen (secondary N) is 2. The predicted molar refractivity (Wildman–Crippen MR) is 97.3 cm³/mol.